The number of Topliss-reactive ketones (excluding diaryl/α,β-unsaturated/α-hetero) is 1. The lowest BCUT2D eigenvalue weighted by molar-refractivity contribution is 0.0491. The monoisotopic (exact) mass is 399 g/mol. The molecule has 29 heavy (non-hydrogen) atoms. The Morgan fingerprint density at radius 3 is 2.59 bits per heavy atom. The fraction of sp³-hybridized carbons (Fsp3) is 0.478. The molecule has 1 atom stereocenters. The summed E-state index contributed by atoms with van der Waals surface area (Å²) in [6.07, 6.45) is 3.99. The molecule has 0 radical (unpaired) electrons. The lowest BCUT2D eigenvalue weighted by Crippen LogP contribution is -2.18. The van der Waals surface area contributed by atoms with E-state index >= 15 is 0 Å². The second-order valence-corrected chi connectivity index (χ2v) is 7.46. The molecule has 1 N–H and O–H groups in total. The van der Waals surface area contributed by atoms with Gasteiger partial charge in [0, 0.05) is 17.7 Å². The summed E-state index contributed by atoms with van der Waals surface area (Å²) in [6.45, 7) is 4.32. The van der Waals surface area contributed by atoms with E-state index in [0.717, 1.165) is 30.5 Å². The smallest absolute Gasteiger partial charge is 0.355 e. The van der Waals surface area contributed by atoms with Crippen LogP contribution in [0.15, 0.2) is 18.2 Å². The van der Waals surface area contributed by atoms with Crippen molar-refractivity contribution in [3.05, 3.63) is 46.3 Å². The summed E-state index contributed by atoms with van der Waals surface area (Å²) in [5.41, 5.74) is 3.54. The summed E-state index contributed by atoms with van der Waals surface area (Å²) in [7, 11) is 3.19. The average Bonchev–Trinajstić information content (AvgIpc) is 3.07. The fourth-order valence-electron chi connectivity index (χ4n) is 3.97. The summed E-state index contributed by atoms with van der Waals surface area (Å²) in [4.78, 5) is 28.5. The molecule has 0 aliphatic heterocycles. The zero-order valence-corrected chi connectivity index (χ0v) is 17.6. The maximum absolute atomic E-state index is 12.9. The number of unbranched alkanes of at least 4 members (excludes halogenated alkanes) is 2. The van der Waals surface area contributed by atoms with Gasteiger partial charge in [-0.1, -0.05) is 25.8 Å². The standard InChI is InChI=1S/C23H29NO5/c1-5-6-7-10-29-23(26)22-14(2)21-17(24-22)11-16(12-18(21)25)15-8-9-19(27-3)20(13-15)28-4/h8-9,13,16,24H,5-7,10-12H2,1-4H3/t16-/m1/s1. The number of methoxy groups -OCH3 is 2. The van der Waals surface area contributed by atoms with Crippen LogP contribution in [0.3, 0.4) is 0 Å². The molecule has 1 aromatic heterocycles. The molecule has 6 nitrogen and oxygen atoms in total. The Morgan fingerprint density at radius 1 is 1.14 bits per heavy atom. The lowest BCUT2D eigenvalue weighted by Gasteiger charge is -2.23. The van der Waals surface area contributed by atoms with E-state index in [-0.39, 0.29) is 17.7 Å². The van der Waals surface area contributed by atoms with E-state index < -0.39 is 0 Å². The number of nitrogens with one attached hydrogen (secondary N) is 1. The number of hydrogen-bond donors (Lipinski definition) is 1. The molecule has 0 bridgehead atoms. The first kappa shape index (κ1) is 21.0. The van der Waals surface area contributed by atoms with Crippen LogP contribution in [0.2, 0.25) is 0 Å². The van der Waals surface area contributed by atoms with E-state index in [1.165, 1.54) is 0 Å². The van der Waals surface area contributed by atoms with Gasteiger partial charge in [-0.3, -0.25) is 4.79 Å². The van der Waals surface area contributed by atoms with Crippen molar-refractivity contribution in [2.24, 2.45) is 0 Å². The molecule has 0 amide bonds. The molecular formula is C23H29NO5. The molecular weight excluding hydrogens is 370 g/mol. The number of esters is 1. The third kappa shape index (κ3) is 4.31. The number of carbonyl (C=O) groups excluding carboxylic acids is 2. The Kier molecular flexibility index (Phi) is 6.62. The number of aromatic nitrogens is 1. The van der Waals surface area contributed by atoms with E-state index in [9.17, 15) is 9.59 Å². The second-order valence-electron chi connectivity index (χ2n) is 7.46. The predicted molar refractivity (Wildman–Crippen MR) is 110 cm³/mol. The number of hydrogen-bond acceptors (Lipinski definition) is 5. The third-order valence-corrected chi connectivity index (χ3v) is 5.55. The lowest BCUT2D eigenvalue weighted by atomic mass is 9.81. The van der Waals surface area contributed by atoms with Gasteiger partial charge in [-0.2, -0.15) is 0 Å². The van der Waals surface area contributed by atoms with Crippen LogP contribution in [0.5, 0.6) is 11.5 Å². The fourth-order valence-corrected chi connectivity index (χ4v) is 3.97. The van der Waals surface area contributed by atoms with Gasteiger partial charge in [-0.15, -0.1) is 0 Å². The van der Waals surface area contributed by atoms with Gasteiger partial charge >= 0.3 is 5.97 Å². The van der Waals surface area contributed by atoms with Crippen molar-refractivity contribution in [3.8, 4) is 11.5 Å². The predicted octanol–water partition coefficient (Wildman–Crippen LogP) is 4.60. The zero-order chi connectivity index (χ0) is 21.0. The van der Waals surface area contributed by atoms with Gasteiger partial charge in [0.1, 0.15) is 5.69 Å². The summed E-state index contributed by atoms with van der Waals surface area (Å²) >= 11 is 0. The van der Waals surface area contributed by atoms with Crippen molar-refractivity contribution >= 4 is 11.8 Å². The average molecular weight is 399 g/mol. The molecule has 1 aliphatic rings. The molecule has 0 unspecified atom stereocenters. The van der Waals surface area contributed by atoms with Gasteiger partial charge in [-0.25, -0.2) is 4.79 Å². The topological polar surface area (TPSA) is 77.6 Å². The van der Waals surface area contributed by atoms with Gasteiger partial charge in [-0.05, 0) is 48.9 Å². The highest BCUT2D eigenvalue weighted by molar-refractivity contribution is 6.03. The Balaban J connectivity index is 1.81. The Morgan fingerprint density at radius 2 is 1.90 bits per heavy atom. The van der Waals surface area contributed by atoms with Crippen molar-refractivity contribution in [2.45, 2.75) is 51.9 Å². The second kappa shape index (κ2) is 9.16. The van der Waals surface area contributed by atoms with Gasteiger partial charge in [0.05, 0.1) is 20.8 Å². The maximum atomic E-state index is 12.9. The minimum absolute atomic E-state index is 0.0151. The van der Waals surface area contributed by atoms with E-state index in [0.29, 0.717) is 47.8 Å². The number of rotatable bonds is 8. The molecule has 0 spiro atoms. The minimum Gasteiger partial charge on any atom is -0.493 e. The summed E-state index contributed by atoms with van der Waals surface area (Å²) in [5.74, 6) is 0.972. The highest BCUT2D eigenvalue weighted by Gasteiger charge is 2.32. The highest BCUT2D eigenvalue weighted by Crippen LogP contribution is 2.38. The normalized spacial score (nSPS) is 15.7. The van der Waals surface area contributed by atoms with Gasteiger partial charge in [0.25, 0.3) is 0 Å². The number of H-pyrrole nitrogens is 1. The molecule has 1 heterocycles. The number of ether oxygens (including phenoxy) is 3. The summed E-state index contributed by atoms with van der Waals surface area (Å²) in [5, 5.41) is 0. The summed E-state index contributed by atoms with van der Waals surface area (Å²) < 4.78 is 16.1. The Hall–Kier alpha value is -2.76. The van der Waals surface area contributed by atoms with Crippen LogP contribution in [0, 0.1) is 6.92 Å². The molecule has 0 fully saturated rings. The third-order valence-electron chi connectivity index (χ3n) is 5.55. The van der Waals surface area contributed by atoms with Gasteiger partial charge in [0.15, 0.2) is 17.3 Å². The Bertz CT molecular complexity index is 899. The van der Waals surface area contributed by atoms with Crippen LogP contribution < -0.4 is 9.47 Å². The first-order valence-corrected chi connectivity index (χ1v) is 10.1. The van der Waals surface area contributed by atoms with Crippen molar-refractivity contribution in [3.63, 3.8) is 0 Å². The molecule has 1 aromatic carbocycles. The van der Waals surface area contributed by atoms with Crippen LogP contribution >= 0.6 is 0 Å². The molecule has 0 saturated heterocycles. The number of aromatic amines is 1. The van der Waals surface area contributed by atoms with Gasteiger partial charge in [0.2, 0.25) is 0 Å². The van der Waals surface area contributed by atoms with Crippen LogP contribution in [0.4, 0.5) is 0 Å². The zero-order valence-electron chi connectivity index (χ0n) is 17.6. The number of benzene rings is 1. The summed E-state index contributed by atoms with van der Waals surface area (Å²) in [6, 6.07) is 5.73. The maximum Gasteiger partial charge on any atom is 0.355 e. The van der Waals surface area contributed by atoms with E-state index in [1.54, 1.807) is 14.2 Å². The minimum atomic E-state index is -0.386. The van der Waals surface area contributed by atoms with E-state index in [1.807, 2.05) is 25.1 Å². The van der Waals surface area contributed by atoms with Crippen LogP contribution in [-0.2, 0) is 11.2 Å². The van der Waals surface area contributed by atoms with E-state index in [2.05, 4.69) is 11.9 Å². The van der Waals surface area contributed by atoms with Crippen LogP contribution in [0.25, 0.3) is 0 Å². The molecule has 6 heteroatoms. The van der Waals surface area contributed by atoms with Crippen molar-refractivity contribution < 1.29 is 23.8 Å². The van der Waals surface area contributed by atoms with E-state index in [4.69, 9.17) is 14.2 Å². The SMILES string of the molecule is CCCCCOC(=O)c1[nH]c2c(c1C)C(=O)C[C@H](c1ccc(OC)c(OC)c1)C2. The molecule has 2 aromatic rings. The quantitative estimate of drug-likeness (QED) is 0.518. The molecule has 156 valence electrons. The number of fused-ring (bicyclic) bond motifs is 1. The molecule has 3 rings (SSSR count). The van der Waals surface area contributed by atoms with Crippen LogP contribution in [0.1, 0.15) is 76.2 Å². The number of ketones is 1. The first-order valence-electron chi connectivity index (χ1n) is 10.1. The number of carbonyl (C=O) groups is 2. The highest BCUT2D eigenvalue weighted by atomic mass is 16.5. The van der Waals surface area contributed by atoms with Crippen molar-refractivity contribution in [1.82, 2.24) is 4.98 Å². The molecule has 1 aliphatic carbocycles. The Labute approximate surface area is 171 Å². The van der Waals surface area contributed by atoms with Crippen molar-refractivity contribution in [2.75, 3.05) is 20.8 Å². The largest absolute Gasteiger partial charge is 0.493 e. The van der Waals surface area contributed by atoms with Crippen LogP contribution in [-0.4, -0.2) is 37.6 Å². The van der Waals surface area contributed by atoms with Gasteiger partial charge < -0.3 is 19.2 Å². The van der Waals surface area contributed by atoms with Crippen molar-refractivity contribution in [1.29, 1.82) is 0 Å². The first-order chi connectivity index (χ1) is 14.0. The molecule has 0 saturated carbocycles.